The van der Waals surface area contributed by atoms with Crippen molar-refractivity contribution in [1.82, 2.24) is 0 Å². The third kappa shape index (κ3) is 5.66. The summed E-state index contributed by atoms with van der Waals surface area (Å²) < 4.78 is 32.5. The predicted molar refractivity (Wildman–Crippen MR) is 139 cm³/mol. The molecular formula is C27H33O15+. The molecule has 0 amide bonds. The Kier molecular flexibility index (Phi) is 8.66. The lowest BCUT2D eigenvalue weighted by atomic mass is 9.96. The van der Waals surface area contributed by atoms with Gasteiger partial charge in [-0.05, 0) is 12.1 Å². The number of aliphatic hydroxyl groups excluding tert-OH is 8. The summed E-state index contributed by atoms with van der Waals surface area (Å²) in [5.41, 5.74) is 0.538. The largest absolute Gasteiger partial charge is 0.571 e. The SMILES string of the molecule is COc1ccc(C2=C(OC3OC(CO)C(O)C(O)C3OC3OCC(O)C(O)C3O)C=C3C(O)=CC(O)=CC3[OH+]2)cc1O. The van der Waals surface area contributed by atoms with Crippen molar-refractivity contribution < 1.29 is 74.4 Å². The molecule has 0 saturated carbocycles. The summed E-state index contributed by atoms with van der Waals surface area (Å²) in [7, 11) is 1.37. The zero-order chi connectivity index (χ0) is 30.3. The van der Waals surface area contributed by atoms with Crippen LogP contribution in [0.15, 0.2) is 59.3 Å². The quantitative estimate of drug-likeness (QED) is 0.156. The third-order valence-electron chi connectivity index (χ3n) is 7.28. The van der Waals surface area contributed by atoms with Gasteiger partial charge in [0.05, 0.1) is 37.5 Å². The molecule has 1 aromatic carbocycles. The summed E-state index contributed by atoms with van der Waals surface area (Å²) in [5.74, 6) is -0.556. The number of rotatable bonds is 7. The fourth-order valence-electron chi connectivity index (χ4n) is 4.97. The van der Waals surface area contributed by atoms with Crippen LogP contribution in [-0.4, -0.2) is 132 Å². The number of hydrogen-bond donors (Lipinski definition) is 9. The second kappa shape index (κ2) is 12.1. The van der Waals surface area contributed by atoms with Crippen LogP contribution in [0.4, 0.5) is 0 Å². The number of allylic oxidation sites excluding steroid dienone is 2. The highest BCUT2D eigenvalue weighted by molar-refractivity contribution is 5.69. The van der Waals surface area contributed by atoms with Crippen LogP contribution in [-0.2, 0) is 18.9 Å². The maximum atomic E-state index is 10.9. The van der Waals surface area contributed by atoms with Gasteiger partial charge in [-0.1, -0.05) is 0 Å². The Hall–Kier alpha value is -3.38. The van der Waals surface area contributed by atoms with E-state index >= 15 is 0 Å². The molecule has 10 unspecified atom stereocenters. The molecule has 5 rings (SSSR count). The topological polar surface area (TPSA) is 241 Å². The Morgan fingerprint density at radius 1 is 0.952 bits per heavy atom. The molecule has 1 aliphatic carbocycles. The minimum Gasteiger partial charge on any atom is -0.571 e. The van der Waals surface area contributed by atoms with Crippen molar-refractivity contribution in [3.63, 3.8) is 0 Å². The molecule has 1 aromatic rings. The van der Waals surface area contributed by atoms with E-state index in [9.17, 15) is 46.0 Å². The first-order valence-corrected chi connectivity index (χ1v) is 13.0. The van der Waals surface area contributed by atoms with Crippen LogP contribution >= 0.6 is 0 Å². The normalized spacial score (nSPS) is 36.7. The molecule has 2 saturated heterocycles. The molecule has 0 aromatic heterocycles. The first kappa shape index (κ1) is 30.1. The number of benzene rings is 1. The van der Waals surface area contributed by atoms with Crippen LogP contribution in [0.25, 0.3) is 5.76 Å². The van der Waals surface area contributed by atoms with E-state index in [4.69, 9.17) is 23.7 Å². The second-order valence-corrected chi connectivity index (χ2v) is 10.1. The van der Waals surface area contributed by atoms with Crippen molar-refractivity contribution in [2.75, 3.05) is 20.3 Å². The molecule has 2 fully saturated rings. The fraction of sp³-hybridized carbons (Fsp3) is 0.481. The number of ether oxygens (including phenoxy) is 6. The summed E-state index contributed by atoms with van der Waals surface area (Å²) in [5, 5.41) is 92.4. The van der Waals surface area contributed by atoms with Gasteiger partial charge in [0.2, 0.25) is 18.2 Å². The molecule has 15 nitrogen and oxygen atoms in total. The minimum atomic E-state index is -1.77. The molecule has 3 aliphatic heterocycles. The second-order valence-electron chi connectivity index (χ2n) is 10.1. The number of methoxy groups -OCH3 is 1. The molecule has 230 valence electrons. The van der Waals surface area contributed by atoms with E-state index in [1.165, 1.54) is 31.4 Å². The van der Waals surface area contributed by atoms with Crippen molar-refractivity contribution in [3.8, 4) is 11.5 Å². The van der Waals surface area contributed by atoms with Crippen LogP contribution < -0.4 is 4.74 Å². The smallest absolute Gasteiger partial charge is 0.305 e. The molecule has 42 heavy (non-hydrogen) atoms. The standard InChI is InChI=1S/C27H32O15/c1-37-16-3-2-10(4-14(16)31)24-18(7-12-13(30)5-11(29)6-17(12)39-24)40-27-25(22(35)21(34)19(8-28)41-27)42-26-23(36)20(33)15(32)9-38-26/h2-7,15,17,19-23,25-36H,8-9H2,1H3/p+1. The highest BCUT2D eigenvalue weighted by Gasteiger charge is 2.50. The van der Waals surface area contributed by atoms with Gasteiger partial charge in [0.25, 0.3) is 0 Å². The van der Waals surface area contributed by atoms with Gasteiger partial charge in [-0.3, -0.25) is 0 Å². The lowest BCUT2D eigenvalue weighted by Crippen LogP contribution is -2.63. The summed E-state index contributed by atoms with van der Waals surface area (Å²) >= 11 is 0. The maximum Gasteiger partial charge on any atom is 0.305 e. The van der Waals surface area contributed by atoms with E-state index in [1.54, 1.807) is 6.07 Å². The first-order chi connectivity index (χ1) is 20.0. The molecule has 3 heterocycles. The Morgan fingerprint density at radius 2 is 1.71 bits per heavy atom. The Labute approximate surface area is 238 Å². The van der Waals surface area contributed by atoms with Crippen molar-refractivity contribution in [1.29, 1.82) is 0 Å². The van der Waals surface area contributed by atoms with Crippen LogP contribution in [0, 0.1) is 0 Å². The van der Waals surface area contributed by atoms with Gasteiger partial charge in [-0.15, -0.1) is 0 Å². The van der Waals surface area contributed by atoms with E-state index in [1.807, 2.05) is 0 Å². The van der Waals surface area contributed by atoms with E-state index < -0.39 is 74.6 Å². The summed E-state index contributed by atoms with van der Waals surface area (Å²) in [6.07, 6.45) is -11.3. The van der Waals surface area contributed by atoms with E-state index in [0.717, 1.165) is 6.08 Å². The average Bonchev–Trinajstić information content (AvgIpc) is 2.96. The van der Waals surface area contributed by atoms with Gasteiger partial charge in [-0.25, -0.2) is 0 Å². The van der Waals surface area contributed by atoms with Crippen molar-refractivity contribution in [2.24, 2.45) is 0 Å². The molecule has 0 radical (unpaired) electrons. The average molecular weight is 598 g/mol. The number of phenolic OH excluding ortho intramolecular Hbond substituents is 1. The Bertz CT molecular complexity index is 1290. The van der Waals surface area contributed by atoms with E-state index in [0.29, 0.717) is 5.56 Å². The fourth-order valence-corrected chi connectivity index (χ4v) is 4.97. The van der Waals surface area contributed by atoms with Crippen LogP contribution in [0.3, 0.4) is 0 Å². The van der Waals surface area contributed by atoms with Crippen molar-refractivity contribution in [3.05, 3.63) is 64.8 Å². The van der Waals surface area contributed by atoms with Gasteiger partial charge in [-0.2, -0.15) is 0 Å². The number of aromatic hydroxyl groups is 1. The Balaban J connectivity index is 1.53. The highest BCUT2D eigenvalue weighted by atomic mass is 16.8. The van der Waals surface area contributed by atoms with E-state index in [2.05, 4.69) is 4.74 Å². The molecule has 4 aliphatic rings. The lowest BCUT2D eigenvalue weighted by Gasteiger charge is -2.44. The molecule has 10 N–H and O–H groups in total. The van der Waals surface area contributed by atoms with Crippen molar-refractivity contribution in [2.45, 2.75) is 61.4 Å². The summed E-state index contributed by atoms with van der Waals surface area (Å²) in [6, 6.07) is 4.37. The van der Waals surface area contributed by atoms with Crippen LogP contribution in [0.1, 0.15) is 5.56 Å². The monoisotopic (exact) mass is 597 g/mol. The van der Waals surface area contributed by atoms with Gasteiger partial charge in [0.15, 0.2) is 23.9 Å². The molecule has 0 spiro atoms. The number of fused-ring (bicyclic) bond motifs is 1. The third-order valence-corrected chi connectivity index (χ3v) is 7.28. The van der Waals surface area contributed by atoms with E-state index in [-0.39, 0.29) is 40.1 Å². The zero-order valence-corrected chi connectivity index (χ0v) is 22.2. The van der Waals surface area contributed by atoms with Crippen LogP contribution in [0.2, 0.25) is 0 Å². The Morgan fingerprint density at radius 3 is 2.40 bits per heavy atom. The first-order valence-electron chi connectivity index (χ1n) is 13.0. The van der Waals surface area contributed by atoms with Gasteiger partial charge >= 0.3 is 5.76 Å². The molecule has 15 heteroatoms. The van der Waals surface area contributed by atoms with Crippen molar-refractivity contribution >= 4 is 5.76 Å². The lowest BCUT2D eigenvalue weighted by molar-refractivity contribution is -0.351. The molecular weight excluding hydrogens is 564 g/mol. The molecule has 0 bridgehead atoms. The highest BCUT2D eigenvalue weighted by Crippen LogP contribution is 2.39. The number of aliphatic hydroxyl groups is 10. The minimum absolute atomic E-state index is 0.0694. The van der Waals surface area contributed by atoms with Gasteiger partial charge in [0.1, 0.15) is 48.1 Å². The molecule has 10 atom stereocenters. The summed E-state index contributed by atoms with van der Waals surface area (Å²) in [6.45, 7) is -1.13. The zero-order valence-electron chi connectivity index (χ0n) is 22.2. The van der Waals surface area contributed by atoms with Crippen LogP contribution in [0.5, 0.6) is 11.5 Å². The number of hydrogen-bond acceptors (Lipinski definition) is 14. The van der Waals surface area contributed by atoms with Gasteiger partial charge in [0, 0.05) is 18.2 Å². The number of phenols is 1. The summed E-state index contributed by atoms with van der Waals surface area (Å²) in [4.78, 5) is 0. The maximum absolute atomic E-state index is 10.9. The predicted octanol–water partition coefficient (Wildman–Crippen LogP) is -1.92. The van der Waals surface area contributed by atoms with Gasteiger partial charge < -0.3 is 74.4 Å².